The topological polar surface area (TPSA) is 105 Å². The number of aromatic nitrogens is 3. The highest BCUT2D eigenvalue weighted by Gasteiger charge is 2.29. The molecular formula is C21H16IN5O3. The summed E-state index contributed by atoms with van der Waals surface area (Å²) in [6.45, 7) is 1.41. The van der Waals surface area contributed by atoms with E-state index in [9.17, 15) is 5.26 Å². The fraction of sp³-hybridized carbons (Fsp3) is 0.238. The van der Waals surface area contributed by atoms with Crippen molar-refractivity contribution < 1.29 is 13.4 Å². The van der Waals surface area contributed by atoms with E-state index in [0.717, 1.165) is 22.2 Å². The van der Waals surface area contributed by atoms with Crippen LogP contribution in [0.2, 0.25) is 0 Å². The third-order valence-electron chi connectivity index (χ3n) is 5.10. The molecule has 4 aromatic rings. The van der Waals surface area contributed by atoms with E-state index in [0.29, 0.717) is 48.0 Å². The molecular weight excluding hydrogens is 497 g/mol. The molecule has 1 fully saturated rings. The predicted molar refractivity (Wildman–Crippen MR) is 116 cm³/mol. The van der Waals surface area contributed by atoms with Gasteiger partial charge in [-0.2, -0.15) is 15.2 Å². The predicted octanol–water partition coefficient (Wildman–Crippen LogP) is 4.84. The largest absolute Gasteiger partial charge is 0.447 e. The number of nitriles is 1. The summed E-state index contributed by atoms with van der Waals surface area (Å²) < 4.78 is 17.8. The van der Waals surface area contributed by atoms with Gasteiger partial charge in [0.05, 0.1) is 0 Å². The van der Waals surface area contributed by atoms with Crippen molar-refractivity contribution >= 4 is 28.5 Å². The van der Waals surface area contributed by atoms with Crippen molar-refractivity contribution in [1.29, 1.82) is 5.26 Å². The molecule has 4 heterocycles. The van der Waals surface area contributed by atoms with Crippen molar-refractivity contribution in [2.75, 3.05) is 18.0 Å². The van der Waals surface area contributed by atoms with Gasteiger partial charge in [0.2, 0.25) is 29.2 Å². The second kappa shape index (κ2) is 7.95. The van der Waals surface area contributed by atoms with Crippen LogP contribution in [0.1, 0.15) is 30.3 Å². The van der Waals surface area contributed by atoms with Gasteiger partial charge < -0.3 is 18.3 Å². The number of anilines is 1. The summed E-state index contributed by atoms with van der Waals surface area (Å²) in [5.41, 5.74) is 1.15. The molecule has 0 aliphatic carbocycles. The van der Waals surface area contributed by atoms with Crippen LogP contribution in [0.25, 0.3) is 23.0 Å². The Kier molecular flexibility index (Phi) is 5.00. The Morgan fingerprint density at radius 1 is 1.03 bits per heavy atom. The van der Waals surface area contributed by atoms with Gasteiger partial charge in [-0.25, -0.2) is 0 Å². The lowest BCUT2D eigenvalue weighted by molar-refractivity contribution is 0.326. The highest BCUT2D eigenvalue weighted by molar-refractivity contribution is 14.1. The Balaban J connectivity index is 1.30. The molecule has 150 valence electrons. The molecule has 5 rings (SSSR count). The number of halogens is 1. The highest BCUT2D eigenvalue weighted by atomic mass is 127. The van der Waals surface area contributed by atoms with E-state index in [1.54, 1.807) is 0 Å². The molecule has 0 N–H and O–H groups in total. The average molecular weight is 513 g/mol. The lowest BCUT2D eigenvalue weighted by atomic mass is 9.97. The fourth-order valence-corrected chi connectivity index (χ4v) is 3.99. The normalized spacial score (nSPS) is 14.7. The molecule has 0 amide bonds. The van der Waals surface area contributed by atoms with E-state index in [4.69, 9.17) is 13.4 Å². The Labute approximate surface area is 185 Å². The molecule has 9 heteroatoms. The minimum absolute atomic E-state index is 0.151. The molecule has 1 saturated heterocycles. The van der Waals surface area contributed by atoms with Crippen LogP contribution in [0.4, 0.5) is 5.88 Å². The molecule has 3 aromatic heterocycles. The van der Waals surface area contributed by atoms with Gasteiger partial charge in [-0.05, 0) is 59.7 Å². The molecule has 1 aromatic carbocycles. The molecule has 8 nitrogen and oxygen atoms in total. The Morgan fingerprint density at radius 3 is 2.53 bits per heavy atom. The third kappa shape index (κ3) is 3.59. The van der Waals surface area contributed by atoms with Crippen LogP contribution >= 0.6 is 22.6 Å². The van der Waals surface area contributed by atoms with Crippen LogP contribution < -0.4 is 4.90 Å². The number of benzene rings is 1. The fourth-order valence-electron chi connectivity index (χ4n) is 3.57. The van der Waals surface area contributed by atoms with Gasteiger partial charge >= 0.3 is 0 Å². The molecule has 0 saturated carbocycles. The van der Waals surface area contributed by atoms with Gasteiger partial charge in [0.1, 0.15) is 6.07 Å². The molecule has 0 unspecified atom stereocenters. The molecule has 0 bridgehead atoms. The van der Waals surface area contributed by atoms with Gasteiger partial charge in [0.15, 0.2) is 9.53 Å². The second-order valence-corrected chi connectivity index (χ2v) is 8.04. The van der Waals surface area contributed by atoms with Crippen molar-refractivity contribution in [2.24, 2.45) is 0 Å². The summed E-state index contributed by atoms with van der Waals surface area (Å²) in [6, 6.07) is 15.4. The average Bonchev–Trinajstić information content (AvgIpc) is 3.53. The van der Waals surface area contributed by atoms with Crippen LogP contribution in [0, 0.1) is 15.1 Å². The van der Waals surface area contributed by atoms with Crippen molar-refractivity contribution in [3.05, 3.63) is 57.8 Å². The van der Waals surface area contributed by atoms with Gasteiger partial charge in [-0.3, -0.25) is 0 Å². The summed E-state index contributed by atoms with van der Waals surface area (Å²) in [5.74, 6) is 2.80. The van der Waals surface area contributed by atoms with E-state index < -0.39 is 0 Å². The maximum absolute atomic E-state index is 9.51. The summed E-state index contributed by atoms with van der Waals surface area (Å²) in [5, 5.41) is 13.6. The first kappa shape index (κ1) is 18.9. The van der Waals surface area contributed by atoms with E-state index in [1.807, 2.05) is 42.5 Å². The van der Waals surface area contributed by atoms with Crippen LogP contribution in [0.3, 0.4) is 0 Å². The minimum atomic E-state index is 0.151. The van der Waals surface area contributed by atoms with Crippen LogP contribution in [0.5, 0.6) is 0 Å². The maximum atomic E-state index is 9.51. The molecule has 1 aliphatic rings. The molecule has 0 spiro atoms. The standard InChI is InChI=1S/C21H16IN5O3/c22-17-7-6-16(28-17)18-25-20(30-26-18)14-8-10-27(11-9-14)21-15(12-23)24-19(29-21)13-4-2-1-3-5-13/h1-7,14H,8-11H2. The molecule has 0 atom stereocenters. The summed E-state index contributed by atoms with van der Waals surface area (Å²) in [7, 11) is 0. The zero-order valence-electron chi connectivity index (χ0n) is 15.8. The van der Waals surface area contributed by atoms with Crippen LogP contribution in [0.15, 0.2) is 55.8 Å². The van der Waals surface area contributed by atoms with E-state index >= 15 is 0 Å². The first-order valence-corrected chi connectivity index (χ1v) is 10.6. The quantitative estimate of drug-likeness (QED) is 0.357. The number of oxazole rings is 1. The maximum Gasteiger partial charge on any atom is 0.238 e. The zero-order valence-corrected chi connectivity index (χ0v) is 17.9. The Hall–Kier alpha value is -3.13. The number of rotatable bonds is 4. The van der Waals surface area contributed by atoms with Crippen molar-refractivity contribution in [1.82, 2.24) is 15.1 Å². The third-order valence-corrected chi connectivity index (χ3v) is 5.68. The van der Waals surface area contributed by atoms with E-state index in [2.05, 4.69) is 48.7 Å². The smallest absolute Gasteiger partial charge is 0.238 e. The van der Waals surface area contributed by atoms with E-state index in [1.165, 1.54) is 0 Å². The van der Waals surface area contributed by atoms with Crippen molar-refractivity contribution in [2.45, 2.75) is 18.8 Å². The van der Waals surface area contributed by atoms with Crippen LogP contribution in [-0.2, 0) is 0 Å². The monoisotopic (exact) mass is 513 g/mol. The van der Waals surface area contributed by atoms with Gasteiger partial charge in [-0.1, -0.05) is 23.4 Å². The van der Waals surface area contributed by atoms with Crippen LogP contribution in [-0.4, -0.2) is 28.2 Å². The van der Waals surface area contributed by atoms with E-state index in [-0.39, 0.29) is 5.92 Å². The van der Waals surface area contributed by atoms with Crippen molar-refractivity contribution in [3.63, 3.8) is 0 Å². The number of piperidine rings is 1. The molecule has 30 heavy (non-hydrogen) atoms. The lowest BCUT2D eigenvalue weighted by Gasteiger charge is -2.29. The summed E-state index contributed by atoms with van der Waals surface area (Å²) in [4.78, 5) is 10.9. The van der Waals surface area contributed by atoms with Crippen molar-refractivity contribution in [3.8, 4) is 29.1 Å². The number of furan rings is 1. The number of hydrogen-bond acceptors (Lipinski definition) is 8. The highest BCUT2D eigenvalue weighted by Crippen LogP contribution is 2.34. The minimum Gasteiger partial charge on any atom is -0.447 e. The Bertz CT molecular complexity index is 1200. The molecule has 0 radical (unpaired) electrons. The summed E-state index contributed by atoms with van der Waals surface area (Å²) in [6.07, 6.45) is 1.62. The number of nitrogens with zero attached hydrogens (tertiary/aromatic N) is 5. The second-order valence-electron chi connectivity index (χ2n) is 6.97. The van der Waals surface area contributed by atoms with Gasteiger partial charge in [0, 0.05) is 24.6 Å². The first-order valence-electron chi connectivity index (χ1n) is 9.52. The molecule has 1 aliphatic heterocycles. The Morgan fingerprint density at radius 2 is 1.83 bits per heavy atom. The first-order chi connectivity index (χ1) is 14.7. The SMILES string of the molecule is N#Cc1nc(-c2ccccc2)oc1N1CCC(c2nc(-c3ccc(I)o3)no2)CC1. The van der Waals surface area contributed by atoms with Gasteiger partial charge in [0.25, 0.3) is 0 Å². The zero-order chi connectivity index (χ0) is 20.5. The number of hydrogen-bond donors (Lipinski definition) is 0. The lowest BCUT2D eigenvalue weighted by Crippen LogP contribution is -2.33. The van der Waals surface area contributed by atoms with Gasteiger partial charge in [-0.15, -0.1) is 0 Å². The summed E-state index contributed by atoms with van der Waals surface area (Å²) >= 11 is 2.10.